The van der Waals surface area contributed by atoms with E-state index in [-0.39, 0.29) is 30.5 Å². The predicted molar refractivity (Wildman–Crippen MR) is 66.7 cm³/mol. The topological polar surface area (TPSA) is 152 Å². The van der Waals surface area contributed by atoms with Gasteiger partial charge in [-0.05, 0) is 13.8 Å². The van der Waals surface area contributed by atoms with Crippen LogP contribution in [0.5, 0.6) is 0 Å². The zero-order chi connectivity index (χ0) is 15.3. The Bertz CT molecular complexity index is 524. The van der Waals surface area contributed by atoms with Crippen molar-refractivity contribution in [3.63, 3.8) is 0 Å². The highest BCUT2D eigenvalue weighted by Crippen LogP contribution is 2.04. The normalized spacial score (nSPS) is 10.4. The third-order valence-electron chi connectivity index (χ3n) is 2.20. The van der Waals surface area contributed by atoms with Crippen molar-refractivity contribution in [2.45, 2.75) is 33.0 Å². The standard InChI is InChI=1S/C10H16N6O4/c1-5(2)12-10(20)13-7(17)4-16-6(3-11)8(9(18)19)14-15-16/h5H,3-4,11H2,1-2H3,(H,18,19)(H2,12,13,17,20). The highest BCUT2D eigenvalue weighted by molar-refractivity contribution is 5.94. The maximum absolute atomic E-state index is 11.6. The van der Waals surface area contributed by atoms with E-state index < -0.39 is 17.9 Å². The Hall–Kier alpha value is -2.49. The molecule has 5 N–H and O–H groups in total. The molecule has 10 nitrogen and oxygen atoms in total. The van der Waals surface area contributed by atoms with Gasteiger partial charge in [0.05, 0.1) is 5.69 Å². The smallest absolute Gasteiger partial charge is 0.358 e. The van der Waals surface area contributed by atoms with Gasteiger partial charge in [-0.3, -0.25) is 10.1 Å². The molecule has 0 aliphatic carbocycles. The number of carbonyl (C=O) groups excluding carboxylic acids is 2. The predicted octanol–water partition coefficient (Wildman–Crippen LogP) is -1.33. The van der Waals surface area contributed by atoms with Crippen LogP contribution in [0.25, 0.3) is 0 Å². The summed E-state index contributed by atoms with van der Waals surface area (Å²) in [4.78, 5) is 33.8. The van der Waals surface area contributed by atoms with Gasteiger partial charge in [-0.25, -0.2) is 14.3 Å². The van der Waals surface area contributed by atoms with Crippen molar-refractivity contribution in [2.24, 2.45) is 5.73 Å². The number of imide groups is 1. The van der Waals surface area contributed by atoms with Gasteiger partial charge in [0, 0.05) is 12.6 Å². The molecule has 0 saturated heterocycles. The number of nitrogens with one attached hydrogen (secondary N) is 2. The monoisotopic (exact) mass is 284 g/mol. The van der Waals surface area contributed by atoms with E-state index in [1.807, 2.05) is 0 Å². The van der Waals surface area contributed by atoms with E-state index in [9.17, 15) is 14.4 Å². The highest BCUT2D eigenvalue weighted by Gasteiger charge is 2.19. The number of hydrogen-bond donors (Lipinski definition) is 4. The first-order chi connectivity index (χ1) is 9.35. The van der Waals surface area contributed by atoms with Crippen LogP contribution in [0.4, 0.5) is 4.79 Å². The maximum Gasteiger partial charge on any atom is 0.358 e. The van der Waals surface area contributed by atoms with Gasteiger partial charge in [0.15, 0.2) is 5.69 Å². The zero-order valence-electron chi connectivity index (χ0n) is 11.1. The summed E-state index contributed by atoms with van der Waals surface area (Å²) in [5, 5.41) is 20.4. The number of nitrogens with zero attached hydrogens (tertiary/aromatic N) is 3. The van der Waals surface area contributed by atoms with Crippen LogP contribution < -0.4 is 16.4 Å². The largest absolute Gasteiger partial charge is 0.476 e. The van der Waals surface area contributed by atoms with Crippen molar-refractivity contribution >= 4 is 17.9 Å². The number of amides is 3. The van der Waals surface area contributed by atoms with Crippen molar-refractivity contribution in [1.82, 2.24) is 25.6 Å². The average molecular weight is 284 g/mol. The van der Waals surface area contributed by atoms with E-state index in [4.69, 9.17) is 10.8 Å². The number of carbonyl (C=O) groups is 3. The van der Waals surface area contributed by atoms with Crippen LogP contribution in [0.2, 0.25) is 0 Å². The van der Waals surface area contributed by atoms with Crippen molar-refractivity contribution in [2.75, 3.05) is 0 Å². The zero-order valence-corrected chi connectivity index (χ0v) is 11.1. The van der Waals surface area contributed by atoms with E-state index in [0.717, 1.165) is 4.68 Å². The minimum absolute atomic E-state index is 0.108. The molecule has 0 fully saturated rings. The van der Waals surface area contributed by atoms with E-state index in [1.54, 1.807) is 13.8 Å². The molecular weight excluding hydrogens is 268 g/mol. The molecule has 0 aliphatic rings. The first-order valence-electron chi connectivity index (χ1n) is 5.81. The van der Waals surface area contributed by atoms with Crippen LogP contribution in [0.3, 0.4) is 0 Å². The molecule has 20 heavy (non-hydrogen) atoms. The molecular formula is C10H16N6O4. The third-order valence-corrected chi connectivity index (χ3v) is 2.20. The summed E-state index contributed by atoms with van der Waals surface area (Å²) >= 11 is 0. The minimum atomic E-state index is -1.28. The summed E-state index contributed by atoms with van der Waals surface area (Å²) in [6.45, 7) is 3.00. The Morgan fingerprint density at radius 1 is 1.40 bits per heavy atom. The first kappa shape index (κ1) is 15.6. The van der Waals surface area contributed by atoms with Crippen LogP contribution in [-0.2, 0) is 17.9 Å². The van der Waals surface area contributed by atoms with Crippen LogP contribution >= 0.6 is 0 Å². The van der Waals surface area contributed by atoms with Gasteiger partial charge in [-0.15, -0.1) is 5.10 Å². The molecule has 1 aromatic rings. The van der Waals surface area contributed by atoms with Gasteiger partial charge in [0.1, 0.15) is 6.54 Å². The number of carboxylic acids is 1. The summed E-state index contributed by atoms with van der Waals surface area (Å²) in [6, 6.07) is -0.759. The van der Waals surface area contributed by atoms with Crippen molar-refractivity contribution < 1.29 is 19.5 Å². The lowest BCUT2D eigenvalue weighted by Crippen LogP contribution is -2.43. The number of rotatable bonds is 5. The second kappa shape index (κ2) is 6.61. The Labute approximate surface area is 114 Å². The fourth-order valence-corrected chi connectivity index (χ4v) is 1.43. The molecule has 0 aromatic carbocycles. The van der Waals surface area contributed by atoms with Crippen LogP contribution in [0, 0.1) is 0 Å². The van der Waals surface area contributed by atoms with Crippen LogP contribution in [0.1, 0.15) is 30.0 Å². The number of nitrogens with two attached hydrogens (primary N) is 1. The van der Waals surface area contributed by atoms with Crippen molar-refractivity contribution in [1.29, 1.82) is 0 Å². The Morgan fingerprint density at radius 2 is 2.05 bits per heavy atom. The molecule has 0 bridgehead atoms. The molecule has 0 aliphatic heterocycles. The van der Waals surface area contributed by atoms with Gasteiger partial charge in [0.25, 0.3) is 0 Å². The van der Waals surface area contributed by atoms with E-state index in [0.29, 0.717) is 0 Å². The molecule has 1 heterocycles. The molecule has 0 saturated carbocycles. The summed E-state index contributed by atoms with van der Waals surface area (Å²) in [5.74, 6) is -1.94. The quantitative estimate of drug-likeness (QED) is 0.522. The lowest BCUT2D eigenvalue weighted by Gasteiger charge is -2.09. The molecule has 110 valence electrons. The Kier molecular flexibility index (Phi) is 5.15. The molecule has 1 rings (SSSR count). The van der Waals surface area contributed by atoms with E-state index in [1.165, 1.54) is 0 Å². The number of aromatic carboxylic acids is 1. The first-order valence-corrected chi connectivity index (χ1v) is 5.81. The highest BCUT2D eigenvalue weighted by atomic mass is 16.4. The van der Waals surface area contributed by atoms with Gasteiger partial charge >= 0.3 is 12.0 Å². The third kappa shape index (κ3) is 4.02. The lowest BCUT2D eigenvalue weighted by atomic mass is 10.3. The molecule has 0 atom stereocenters. The van der Waals surface area contributed by atoms with Crippen LogP contribution in [-0.4, -0.2) is 44.0 Å². The Morgan fingerprint density at radius 3 is 2.55 bits per heavy atom. The molecule has 1 aromatic heterocycles. The maximum atomic E-state index is 11.6. The van der Waals surface area contributed by atoms with Crippen molar-refractivity contribution in [3.05, 3.63) is 11.4 Å². The number of urea groups is 1. The van der Waals surface area contributed by atoms with Gasteiger partial charge in [-0.1, -0.05) is 5.21 Å². The SMILES string of the molecule is CC(C)NC(=O)NC(=O)Cn1nnc(C(=O)O)c1CN. The Balaban J connectivity index is 2.71. The molecule has 0 radical (unpaired) electrons. The average Bonchev–Trinajstić information content (AvgIpc) is 2.70. The van der Waals surface area contributed by atoms with E-state index in [2.05, 4.69) is 20.9 Å². The summed E-state index contributed by atoms with van der Waals surface area (Å²) < 4.78 is 1.04. The lowest BCUT2D eigenvalue weighted by molar-refractivity contribution is -0.120. The van der Waals surface area contributed by atoms with Crippen LogP contribution in [0.15, 0.2) is 0 Å². The minimum Gasteiger partial charge on any atom is -0.476 e. The summed E-state index contributed by atoms with van der Waals surface area (Å²) in [6.07, 6.45) is 0. The molecule has 3 amide bonds. The fourth-order valence-electron chi connectivity index (χ4n) is 1.43. The molecule has 10 heteroatoms. The van der Waals surface area contributed by atoms with Crippen molar-refractivity contribution in [3.8, 4) is 0 Å². The van der Waals surface area contributed by atoms with Gasteiger partial charge in [0.2, 0.25) is 5.91 Å². The second-order valence-electron chi connectivity index (χ2n) is 4.23. The summed E-state index contributed by atoms with van der Waals surface area (Å²) in [7, 11) is 0. The number of aromatic nitrogens is 3. The van der Waals surface area contributed by atoms with E-state index >= 15 is 0 Å². The number of carboxylic acid groups (broad SMARTS) is 1. The molecule has 0 unspecified atom stereocenters. The fraction of sp³-hybridized carbons (Fsp3) is 0.500. The molecule has 0 spiro atoms. The second-order valence-corrected chi connectivity index (χ2v) is 4.23. The summed E-state index contributed by atoms with van der Waals surface area (Å²) in [5.41, 5.74) is 5.20. The number of hydrogen-bond acceptors (Lipinski definition) is 6. The van der Waals surface area contributed by atoms with Gasteiger partial charge in [-0.2, -0.15) is 0 Å². The van der Waals surface area contributed by atoms with Gasteiger partial charge < -0.3 is 16.2 Å².